The van der Waals surface area contributed by atoms with Gasteiger partial charge in [-0.3, -0.25) is 0 Å². The van der Waals surface area contributed by atoms with Crippen LogP contribution in [0.15, 0.2) is 36.4 Å². The molecule has 2 rings (SSSR count). The Kier molecular flexibility index (Phi) is 4.40. The van der Waals surface area contributed by atoms with Gasteiger partial charge < -0.3 is 5.73 Å². The molecule has 0 bridgehead atoms. The molecule has 2 N–H and O–H groups in total. The largest absolute Gasteiger partial charge is 0.323 e. The fourth-order valence-electron chi connectivity index (χ4n) is 1.89. The van der Waals surface area contributed by atoms with Crippen molar-refractivity contribution in [2.75, 3.05) is 0 Å². The highest BCUT2D eigenvalue weighted by molar-refractivity contribution is 6.42. The summed E-state index contributed by atoms with van der Waals surface area (Å²) in [5.74, 6) is -1.29. The van der Waals surface area contributed by atoms with Crippen molar-refractivity contribution in [2.24, 2.45) is 5.73 Å². The molecule has 100 valence electrons. The first kappa shape index (κ1) is 14.3. The summed E-state index contributed by atoms with van der Waals surface area (Å²) in [4.78, 5) is 0. The molecule has 0 amide bonds. The summed E-state index contributed by atoms with van der Waals surface area (Å²) in [5, 5.41) is 0.816. The number of halogens is 4. The van der Waals surface area contributed by atoms with Gasteiger partial charge in [0.2, 0.25) is 0 Å². The highest BCUT2D eigenvalue weighted by Gasteiger charge is 2.17. The Morgan fingerprint density at radius 2 is 1.63 bits per heavy atom. The van der Waals surface area contributed by atoms with E-state index < -0.39 is 17.7 Å². The van der Waals surface area contributed by atoms with Crippen LogP contribution in [0, 0.1) is 11.6 Å². The van der Waals surface area contributed by atoms with Crippen LogP contribution >= 0.6 is 23.2 Å². The molecule has 0 saturated carbocycles. The minimum atomic E-state index is -0.779. The van der Waals surface area contributed by atoms with Crippen molar-refractivity contribution < 1.29 is 8.78 Å². The number of hydrogen-bond donors (Lipinski definition) is 1. The van der Waals surface area contributed by atoms with Gasteiger partial charge in [-0.2, -0.15) is 0 Å². The van der Waals surface area contributed by atoms with Crippen molar-refractivity contribution in [2.45, 2.75) is 12.5 Å². The Labute approximate surface area is 119 Å². The Morgan fingerprint density at radius 1 is 1.00 bits per heavy atom. The van der Waals surface area contributed by atoms with Gasteiger partial charge in [-0.15, -0.1) is 0 Å². The molecule has 0 radical (unpaired) electrons. The third-order valence-corrected chi connectivity index (χ3v) is 3.55. The normalized spacial score (nSPS) is 12.5. The molecule has 0 fully saturated rings. The monoisotopic (exact) mass is 301 g/mol. The summed E-state index contributed by atoms with van der Waals surface area (Å²) in [6.45, 7) is 0. The number of benzene rings is 2. The Bertz CT molecular complexity index is 582. The van der Waals surface area contributed by atoms with Crippen LogP contribution in [0.2, 0.25) is 10.0 Å². The van der Waals surface area contributed by atoms with Gasteiger partial charge >= 0.3 is 0 Å². The summed E-state index contributed by atoms with van der Waals surface area (Å²) in [6, 6.07) is 7.90. The lowest BCUT2D eigenvalue weighted by Crippen LogP contribution is -2.16. The van der Waals surface area contributed by atoms with Crippen LogP contribution in [-0.4, -0.2) is 0 Å². The van der Waals surface area contributed by atoms with E-state index in [0.29, 0.717) is 10.0 Å². The van der Waals surface area contributed by atoms with E-state index in [2.05, 4.69) is 0 Å². The van der Waals surface area contributed by atoms with E-state index in [0.717, 1.165) is 5.56 Å². The predicted molar refractivity (Wildman–Crippen MR) is 73.5 cm³/mol. The average Bonchev–Trinajstić information content (AvgIpc) is 2.33. The van der Waals surface area contributed by atoms with Crippen LogP contribution in [-0.2, 0) is 6.42 Å². The minimum Gasteiger partial charge on any atom is -0.323 e. The molecule has 0 aromatic heterocycles. The van der Waals surface area contributed by atoms with E-state index in [9.17, 15) is 8.78 Å². The van der Waals surface area contributed by atoms with E-state index in [1.165, 1.54) is 18.2 Å². The van der Waals surface area contributed by atoms with Crippen LogP contribution in [0.3, 0.4) is 0 Å². The van der Waals surface area contributed by atoms with Gasteiger partial charge in [-0.1, -0.05) is 35.3 Å². The lowest BCUT2D eigenvalue weighted by molar-refractivity contribution is 0.524. The summed E-state index contributed by atoms with van der Waals surface area (Å²) in [7, 11) is 0. The van der Waals surface area contributed by atoms with Gasteiger partial charge in [0.25, 0.3) is 0 Å². The molecule has 0 spiro atoms. The molecule has 2 aromatic rings. The molecule has 0 saturated heterocycles. The zero-order chi connectivity index (χ0) is 14.0. The maximum Gasteiger partial charge on any atom is 0.130 e. The Morgan fingerprint density at radius 3 is 2.21 bits per heavy atom. The maximum absolute atomic E-state index is 13.6. The summed E-state index contributed by atoms with van der Waals surface area (Å²) < 4.78 is 27.2. The minimum absolute atomic E-state index is 0.117. The third kappa shape index (κ3) is 3.24. The SMILES string of the molecule is NC(Cc1ccc(Cl)c(Cl)c1)c1c(F)cccc1F. The molecule has 5 heteroatoms. The van der Waals surface area contributed by atoms with E-state index in [1.807, 2.05) is 0 Å². The number of nitrogens with two attached hydrogens (primary N) is 1. The number of hydrogen-bond acceptors (Lipinski definition) is 1. The van der Waals surface area contributed by atoms with Crippen LogP contribution in [0.5, 0.6) is 0 Å². The van der Waals surface area contributed by atoms with Gasteiger partial charge in [-0.05, 0) is 36.2 Å². The maximum atomic E-state index is 13.6. The lowest BCUT2D eigenvalue weighted by atomic mass is 9.99. The van der Waals surface area contributed by atoms with E-state index >= 15 is 0 Å². The first-order valence-corrected chi connectivity index (χ1v) is 6.38. The average molecular weight is 302 g/mol. The van der Waals surface area contributed by atoms with Gasteiger partial charge in [0.15, 0.2) is 0 Å². The highest BCUT2D eigenvalue weighted by Crippen LogP contribution is 2.26. The lowest BCUT2D eigenvalue weighted by Gasteiger charge is -2.14. The van der Waals surface area contributed by atoms with Gasteiger partial charge in [-0.25, -0.2) is 8.78 Å². The summed E-state index contributed by atoms with van der Waals surface area (Å²) >= 11 is 11.7. The molecule has 0 heterocycles. The van der Waals surface area contributed by atoms with Crippen molar-refractivity contribution in [3.05, 3.63) is 69.2 Å². The summed E-state index contributed by atoms with van der Waals surface area (Å²) in [6.07, 6.45) is 0.273. The second-order valence-corrected chi connectivity index (χ2v) is 5.01. The smallest absolute Gasteiger partial charge is 0.130 e. The zero-order valence-electron chi connectivity index (χ0n) is 9.84. The van der Waals surface area contributed by atoms with Crippen molar-refractivity contribution in [1.29, 1.82) is 0 Å². The van der Waals surface area contributed by atoms with Crippen LogP contribution in [0.25, 0.3) is 0 Å². The zero-order valence-corrected chi connectivity index (χ0v) is 11.3. The topological polar surface area (TPSA) is 26.0 Å². The van der Waals surface area contributed by atoms with Crippen LogP contribution < -0.4 is 5.73 Å². The molecule has 1 nitrogen and oxygen atoms in total. The third-order valence-electron chi connectivity index (χ3n) is 2.81. The van der Waals surface area contributed by atoms with Crippen LogP contribution in [0.4, 0.5) is 8.78 Å². The second-order valence-electron chi connectivity index (χ2n) is 4.19. The van der Waals surface area contributed by atoms with E-state index in [4.69, 9.17) is 28.9 Å². The van der Waals surface area contributed by atoms with Crippen molar-refractivity contribution in [1.82, 2.24) is 0 Å². The highest BCUT2D eigenvalue weighted by atomic mass is 35.5. The number of rotatable bonds is 3. The molecule has 0 aliphatic rings. The Balaban J connectivity index is 2.25. The van der Waals surface area contributed by atoms with Crippen molar-refractivity contribution in [3.8, 4) is 0 Å². The Hall–Kier alpha value is -1.16. The molecule has 0 aliphatic heterocycles. The van der Waals surface area contributed by atoms with Gasteiger partial charge in [0, 0.05) is 11.6 Å². The standard InChI is InChI=1S/C14H11Cl2F2N/c15-9-5-4-8(6-10(9)16)7-13(19)14-11(17)2-1-3-12(14)18/h1-6,13H,7,19H2. The second kappa shape index (κ2) is 5.87. The fourth-order valence-corrected chi connectivity index (χ4v) is 2.21. The van der Waals surface area contributed by atoms with E-state index in [-0.39, 0.29) is 12.0 Å². The molecular weight excluding hydrogens is 291 g/mol. The molecular formula is C14H11Cl2F2N. The summed E-state index contributed by atoms with van der Waals surface area (Å²) in [5.41, 5.74) is 6.51. The molecule has 2 aromatic carbocycles. The molecule has 0 aliphatic carbocycles. The first-order chi connectivity index (χ1) is 8.99. The molecule has 1 atom stereocenters. The first-order valence-electron chi connectivity index (χ1n) is 5.62. The molecule has 1 unspecified atom stereocenters. The van der Waals surface area contributed by atoms with Crippen molar-refractivity contribution >= 4 is 23.2 Å². The van der Waals surface area contributed by atoms with Crippen LogP contribution in [0.1, 0.15) is 17.2 Å². The quantitative estimate of drug-likeness (QED) is 0.886. The fraction of sp³-hybridized carbons (Fsp3) is 0.143. The molecule has 19 heavy (non-hydrogen) atoms. The van der Waals surface area contributed by atoms with Gasteiger partial charge in [0.05, 0.1) is 10.0 Å². The van der Waals surface area contributed by atoms with Gasteiger partial charge in [0.1, 0.15) is 11.6 Å². The predicted octanol–water partition coefficient (Wildman–Crippen LogP) is 4.51. The van der Waals surface area contributed by atoms with E-state index in [1.54, 1.807) is 18.2 Å². The van der Waals surface area contributed by atoms with Crippen molar-refractivity contribution in [3.63, 3.8) is 0 Å².